The molecule has 0 spiro atoms. The van der Waals surface area contributed by atoms with Crippen molar-refractivity contribution in [1.29, 1.82) is 15.8 Å². The summed E-state index contributed by atoms with van der Waals surface area (Å²) >= 11 is 0. The van der Waals surface area contributed by atoms with Crippen molar-refractivity contribution >= 4 is 17.5 Å². The van der Waals surface area contributed by atoms with Crippen LogP contribution >= 0.6 is 0 Å². The van der Waals surface area contributed by atoms with Crippen molar-refractivity contribution < 1.29 is 19.1 Å². The number of esters is 2. The Morgan fingerprint density at radius 2 is 1.42 bits per heavy atom. The van der Waals surface area contributed by atoms with E-state index in [-0.39, 0.29) is 24.5 Å². The Morgan fingerprint density at radius 3 is 1.89 bits per heavy atom. The highest BCUT2D eigenvalue weighted by Crippen LogP contribution is 2.54. The summed E-state index contributed by atoms with van der Waals surface area (Å²) in [6, 6.07) is 19.1. The molecule has 0 amide bonds. The molecule has 0 saturated carbocycles. The molecule has 0 saturated heterocycles. The van der Waals surface area contributed by atoms with Gasteiger partial charge in [0.15, 0.2) is 0 Å². The van der Waals surface area contributed by atoms with Crippen molar-refractivity contribution in [2.24, 2.45) is 11.1 Å². The summed E-state index contributed by atoms with van der Waals surface area (Å²) in [6.07, 6.45) is 1.64. The Labute approximate surface area is 209 Å². The zero-order valence-electron chi connectivity index (χ0n) is 20.2. The van der Waals surface area contributed by atoms with Gasteiger partial charge >= 0.3 is 11.9 Å². The molecule has 2 aromatic carbocycles. The van der Waals surface area contributed by atoms with Gasteiger partial charge in [-0.1, -0.05) is 30.3 Å². The van der Waals surface area contributed by atoms with E-state index in [2.05, 4.69) is 6.07 Å². The highest BCUT2D eigenvalue weighted by atomic mass is 16.5. The van der Waals surface area contributed by atoms with E-state index in [9.17, 15) is 25.4 Å². The smallest absolute Gasteiger partial charge is 0.340 e. The van der Waals surface area contributed by atoms with Gasteiger partial charge in [0.05, 0.1) is 53.8 Å². The molecule has 1 aliphatic rings. The first-order chi connectivity index (χ1) is 17.2. The zero-order chi connectivity index (χ0) is 26.5. The van der Waals surface area contributed by atoms with Crippen LogP contribution in [0, 0.1) is 39.4 Å². The van der Waals surface area contributed by atoms with Gasteiger partial charge in [0, 0.05) is 5.41 Å². The van der Waals surface area contributed by atoms with Crippen LogP contribution in [0.15, 0.2) is 65.9 Å². The van der Waals surface area contributed by atoms with Crippen molar-refractivity contribution in [3.63, 3.8) is 0 Å². The second kappa shape index (κ2) is 10.2. The van der Waals surface area contributed by atoms with E-state index in [1.165, 1.54) is 0 Å². The number of nitriles is 3. The standard InChI is InChI=1S/C28H24N4O4/c1-4-35-25(33)23-22(20-10-6-18(15-29)7-11-20)14-27(3,21-12-8-19(16-30)9-13-21)28(17-31,24(23)32)26(34)36-5-2/h6-14H,4-5,32H2,1-3H3. The lowest BCUT2D eigenvalue weighted by molar-refractivity contribution is -0.152. The summed E-state index contributed by atoms with van der Waals surface area (Å²) in [4.78, 5) is 26.7. The number of nitrogens with zero attached hydrogens (tertiary/aromatic N) is 3. The third-order valence-corrected chi connectivity index (χ3v) is 6.32. The summed E-state index contributed by atoms with van der Waals surface area (Å²) in [5.41, 5.74) is 4.84. The van der Waals surface area contributed by atoms with Gasteiger partial charge in [-0.25, -0.2) is 9.59 Å². The van der Waals surface area contributed by atoms with Crippen LogP contribution < -0.4 is 5.73 Å². The van der Waals surface area contributed by atoms with Gasteiger partial charge in [-0.05, 0) is 61.7 Å². The quantitative estimate of drug-likeness (QED) is 0.616. The minimum absolute atomic E-state index is 0.0140. The van der Waals surface area contributed by atoms with Crippen molar-refractivity contribution in [2.75, 3.05) is 13.2 Å². The number of rotatable bonds is 6. The molecular formula is C28H24N4O4. The Hall–Kier alpha value is -4.87. The van der Waals surface area contributed by atoms with Gasteiger partial charge in [-0.15, -0.1) is 0 Å². The number of hydrogen-bond donors (Lipinski definition) is 1. The Bertz CT molecular complexity index is 1390. The summed E-state index contributed by atoms with van der Waals surface area (Å²) < 4.78 is 10.6. The van der Waals surface area contributed by atoms with Gasteiger partial charge in [0.2, 0.25) is 5.41 Å². The zero-order valence-corrected chi connectivity index (χ0v) is 20.2. The Balaban J connectivity index is 2.45. The minimum atomic E-state index is -2.12. The van der Waals surface area contributed by atoms with Gasteiger partial charge in [0.25, 0.3) is 0 Å². The van der Waals surface area contributed by atoms with Gasteiger partial charge in [-0.3, -0.25) is 0 Å². The van der Waals surface area contributed by atoms with E-state index in [1.54, 1.807) is 75.4 Å². The first-order valence-corrected chi connectivity index (χ1v) is 11.2. The average Bonchev–Trinajstić information content (AvgIpc) is 2.89. The molecule has 2 aromatic rings. The number of hydrogen-bond acceptors (Lipinski definition) is 8. The number of ether oxygens (including phenoxy) is 2. The largest absolute Gasteiger partial charge is 0.464 e. The van der Waals surface area contributed by atoms with Crippen LogP contribution in [0.1, 0.15) is 43.0 Å². The van der Waals surface area contributed by atoms with Crippen molar-refractivity contribution in [3.8, 4) is 18.2 Å². The lowest BCUT2D eigenvalue weighted by Gasteiger charge is -2.45. The van der Waals surface area contributed by atoms with E-state index >= 15 is 0 Å². The van der Waals surface area contributed by atoms with Crippen LogP contribution in [0.5, 0.6) is 0 Å². The van der Waals surface area contributed by atoms with Crippen LogP contribution in [0.2, 0.25) is 0 Å². The molecule has 2 unspecified atom stereocenters. The SMILES string of the molecule is CCOC(=O)C1=C(N)C(C#N)(C(=O)OCC)C(C)(c2ccc(C#N)cc2)C=C1c1ccc(C#N)cc1. The molecule has 0 radical (unpaired) electrons. The number of nitrogens with two attached hydrogens (primary N) is 1. The second-order valence-corrected chi connectivity index (χ2v) is 8.23. The van der Waals surface area contributed by atoms with Gasteiger partial charge < -0.3 is 15.2 Å². The van der Waals surface area contributed by atoms with Gasteiger partial charge in [0.1, 0.15) is 0 Å². The highest BCUT2D eigenvalue weighted by molar-refractivity contribution is 6.10. The van der Waals surface area contributed by atoms with Crippen LogP contribution in [0.25, 0.3) is 5.57 Å². The summed E-state index contributed by atoms with van der Waals surface area (Å²) in [5, 5.41) is 29.0. The average molecular weight is 481 g/mol. The van der Waals surface area contributed by atoms with E-state index in [0.717, 1.165) is 0 Å². The maximum absolute atomic E-state index is 13.5. The Kier molecular flexibility index (Phi) is 7.28. The molecular weight excluding hydrogens is 456 g/mol. The molecule has 0 heterocycles. The third-order valence-electron chi connectivity index (χ3n) is 6.32. The van der Waals surface area contributed by atoms with E-state index in [0.29, 0.717) is 27.8 Å². The topological polar surface area (TPSA) is 150 Å². The second-order valence-electron chi connectivity index (χ2n) is 8.23. The van der Waals surface area contributed by atoms with Crippen LogP contribution in [0.4, 0.5) is 0 Å². The molecule has 2 N–H and O–H groups in total. The van der Waals surface area contributed by atoms with Gasteiger partial charge in [-0.2, -0.15) is 15.8 Å². The summed E-state index contributed by atoms with van der Waals surface area (Å²) in [7, 11) is 0. The first-order valence-electron chi connectivity index (χ1n) is 11.2. The molecule has 8 nitrogen and oxygen atoms in total. The van der Waals surface area contributed by atoms with Crippen LogP contribution in [-0.4, -0.2) is 25.2 Å². The maximum atomic E-state index is 13.5. The fourth-order valence-electron chi connectivity index (χ4n) is 4.43. The molecule has 0 bridgehead atoms. The summed E-state index contributed by atoms with van der Waals surface area (Å²) in [5.74, 6) is -1.70. The monoisotopic (exact) mass is 480 g/mol. The normalized spacial score (nSPS) is 20.8. The molecule has 36 heavy (non-hydrogen) atoms. The minimum Gasteiger partial charge on any atom is -0.464 e. The van der Waals surface area contributed by atoms with E-state index < -0.39 is 22.8 Å². The molecule has 0 fully saturated rings. The lowest BCUT2D eigenvalue weighted by atomic mass is 9.55. The van der Waals surface area contributed by atoms with E-state index in [4.69, 9.17) is 15.2 Å². The fourth-order valence-corrected chi connectivity index (χ4v) is 4.43. The van der Waals surface area contributed by atoms with Crippen molar-refractivity contribution in [1.82, 2.24) is 0 Å². The molecule has 0 aliphatic heterocycles. The van der Waals surface area contributed by atoms with E-state index in [1.807, 2.05) is 12.1 Å². The fraction of sp³-hybridized carbons (Fsp3) is 0.250. The molecule has 1 aliphatic carbocycles. The summed E-state index contributed by atoms with van der Waals surface area (Å²) in [6.45, 7) is 4.93. The van der Waals surface area contributed by atoms with Crippen LogP contribution in [0.3, 0.4) is 0 Å². The molecule has 2 atom stereocenters. The predicted molar refractivity (Wildman–Crippen MR) is 130 cm³/mol. The number of carbonyl (C=O) groups excluding carboxylic acids is 2. The predicted octanol–water partition coefficient (Wildman–Crippen LogP) is 3.63. The number of allylic oxidation sites excluding steroid dienone is 1. The van der Waals surface area contributed by atoms with Crippen LogP contribution in [-0.2, 0) is 24.5 Å². The van der Waals surface area contributed by atoms with Crippen molar-refractivity contribution in [3.05, 3.63) is 88.1 Å². The first kappa shape index (κ1) is 25.7. The Morgan fingerprint density at radius 1 is 0.889 bits per heavy atom. The van der Waals surface area contributed by atoms with Crippen molar-refractivity contribution in [2.45, 2.75) is 26.2 Å². The lowest BCUT2D eigenvalue weighted by Crippen LogP contribution is -2.54. The molecule has 0 aromatic heterocycles. The number of benzene rings is 2. The number of carbonyl (C=O) groups is 2. The third kappa shape index (κ3) is 3.98. The molecule has 3 rings (SSSR count). The molecule has 180 valence electrons. The molecule has 8 heteroatoms. The highest BCUT2D eigenvalue weighted by Gasteiger charge is 2.61. The maximum Gasteiger partial charge on any atom is 0.340 e.